The van der Waals surface area contributed by atoms with Crippen LogP contribution in [0.25, 0.3) is 6.08 Å². The highest BCUT2D eigenvalue weighted by Crippen LogP contribution is 2.26. The molecule has 0 unspecified atom stereocenters. The van der Waals surface area contributed by atoms with Gasteiger partial charge in [-0.2, -0.15) is 5.26 Å². The van der Waals surface area contributed by atoms with Crippen molar-refractivity contribution in [2.24, 2.45) is 0 Å². The van der Waals surface area contributed by atoms with E-state index in [0.717, 1.165) is 0 Å². The van der Waals surface area contributed by atoms with Crippen molar-refractivity contribution < 1.29 is 19.2 Å². The maximum Gasteiger partial charge on any atom is 0.349 e. The van der Waals surface area contributed by atoms with Crippen LogP contribution in [0.5, 0.6) is 0 Å². The molecule has 116 valence electrons. The van der Waals surface area contributed by atoms with Crippen molar-refractivity contribution >= 4 is 33.7 Å². The largest absolute Gasteiger partial charge is 0.456 e. The lowest BCUT2D eigenvalue weighted by molar-refractivity contribution is -0.385. The summed E-state index contributed by atoms with van der Waals surface area (Å²) in [6, 6.07) is 5.99. The number of benzene rings is 1. The normalized spacial score (nSPS) is 12.4. The number of nitro groups is 1. The Labute approximate surface area is 135 Å². The highest BCUT2D eigenvalue weighted by atomic mass is 79.9. The minimum atomic E-state index is -0.808. The lowest BCUT2D eigenvalue weighted by Gasteiger charge is -2.11. The van der Waals surface area contributed by atoms with Gasteiger partial charge in [0.25, 0.3) is 5.69 Å². The molecule has 22 heavy (non-hydrogen) atoms. The van der Waals surface area contributed by atoms with Crippen LogP contribution < -0.4 is 0 Å². The molecule has 0 aliphatic rings. The van der Waals surface area contributed by atoms with E-state index >= 15 is 0 Å². The molecular formula is C14H13BrN2O5. The fraction of sp³-hybridized carbons (Fsp3) is 0.286. The van der Waals surface area contributed by atoms with Gasteiger partial charge in [-0.1, -0.05) is 6.07 Å². The summed E-state index contributed by atoms with van der Waals surface area (Å²) in [7, 11) is 1.46. The monoisotopic (exact) mass is 368 g/mol. The highest BCUT2D eigenvalue weighted by molar-refractivity contribution is 9.10. The molecule has 0 heterocycles. The average molecular weight is 369 g/mol. The van der Waals surface area contributed by atoms with Gasteiger partial charge in [-0.3, -0.25) is 10.1 Å². The summed E-state index contributed by atoms with van der Waals surface area (Å²) in [4.78, 5) is 22.1. The number of nitro benzene ring substituents is 1. The van der Waals surface area contributed by atoms with Gasteiger partial charge in [-0.15, -0.1) is 0 Å². The van der Waals surface area contributed by atoms with Crippen LogP contribution in [0.1, 0.15) is 12.5 Å². The number of carbonyl (C=O) groups excluding carboxylic acids is 1. The lowest BCUT2D eigenvalue weighted by atomic mass is 10.1. The van der Waals surface area contributed by atoms with E-state index in [1.807, 2.05) is 0 Å². The molecule has 1 atom stereocenters. The quantitative estimate of drug-likeness (QED) is 0.251. The molecule has 7 nitrogen and oxygen atoms in total. The average Bonchev–Trinajstić information content (AvgIpc) is 2.45. The Morgan fingerprint density at radius 2 is 2.27 bits per heavy atom. The van der Waals surface area contributed by atoms with Gasteiger partial charge in [0, 0.05) is 13.2 Å². The maximum absolute atomic E-state index is 11.8. The van der Waals surface area contributed by atoms with Crippen molar-refractivity contribution in [2.75, 3.05) is 13.7 Å². The molecule has 1 aromatic carbocycles. The number of rotatable bonds is 6. The number of nitriles is 1. The van der Waals surface area contributed by atoms with Gasteiger partial charge in [-0.25, -0.2) is 4.79 Å². The Hall–Kier alpha value is -2.24. The number of hydrogen-bond donors (Lipinski definition) is 0. The Bertz CT molecular complexity index is 651. The van der Waals surface area contributed by atoms with Gasteiger partial charge in [0.1, 0.15) is 17.7 Å². The smallest absolute Gasteiger partial charge is 0.349 e. The predicted molar refractivity (Wildman–Crippen MR) is 81.8 cm³/mol. The zero-order valence-electron chi connectivity index (χ0n) is 11.9. The molecule has 0 radical (unpaired) electrons. The van der Waals surface area contributed by atoms with Gasteiger partial charge in [0.05, 0.1) is 16.0 Å². The van der Waals surface area contributed by atoms with E-state index in [2.05, 4.69) is 15.9 Å². The van der Waals surface area contributed by atoms with Crippen LogP contribution in [0.15, 0.2) is 28.2 Å². The molecular weight excluding hydrogens is 356 g/mol. The molecule has 0 saturated carbocycles. The van der Waals surface area contributed by atoms with Gasteiger partial charge >= 0.3 is 5.97 Å². The number of carbonyl (C=O) groups is 1. The molecule has 8 heteroatoms. The zero-order valence-corrected chi connectivity index (χ0v) is 13.5. The van der Waals surface area contributed by atoms with Gasteiger partial charge in [-0.05, 0) is 40.6 Å². The molecule has 0 fully saturated rings. The second kappa shape index (κ2) is 8.26. The van der Waals surface area contributed by atoms with E-state index in [0.29, 0.717) is 10.0 Å². The molecule has 0 amide bonds. The third kappa shape index (κ3) is 4.95. The topological polar surface area (TPSA) is 102 Å². The summed E-state index contributed by atoms with van der Waals surface area (Å²) >= 11 is 3.06. The SMILES string of the molecule is COC[C@@H](C)OC(=O)/C(C#N)=C/c1ccc(Br)c([N+](=O)[O-])c1. The van der Waals surface area contributed by atoms with Crippen LogP contribution >= 0.6 is 15.9 Å². The van der Waals surface area contributed by atoms with Gasteiger partial charge in [0.15, 0.2) is 0 Å². The van der Waals surface area contributed by atoms with Crippen molar-refractivity contribution in [3.05, 3.63) is 43.9 Å². The molecule has 0 aliphatic carbocycles. The fourth-order valence-corrected chi connectivity index (χ4v) is 1.97. The number of ether oxygens (including phenoxy) is 2. The van der Waals surface area contributed by atoms with E-state index in [1.54, 1.807) is 19.1 Å². The summed E-state index contributed by atoms with van der Waals surface area (Å²) in [6.07, 6.45) is 0.731. The molecule has 0 bridgehead atoms. The predicted octanol–water partition coefficient (Wildman–Crippen LogP) is 2.84. The van der Waals surface area contributed by atoms with Crippen LogP contribution in [-0.2, 0) is 14.3 Å². The molecule has 0 aliphatic heterocycles. The minimum absolute atomic E-state index is 0.160. The first-order valence-corrected chi connectivity index (χ1v) is 6.94. The fourth-order valence-electron chi connectivity index (χ4n) is 1.58. The third-order valence-electron chi connectivity index (χ3n) is 2.53. The standard InChI is InChI=1S/C14H13BrN2O5/c1-9(8-21-2)22-14(18)11(7-16)5-10-3-4-12(15)13(6-10)17(19)20/h3-6,9H,8H2,1-2H3/b11-5+/t9-/m1/s1. The molecule has 1 rings (SSSR count). The van der Waals surface area contributed by atoms with E-state index < -0.39 is 17.0 Å². The van der Waals surface area contributed by atoms with Gasteiger partial charge < -0.3 is 9.47 Å². The summed E-state index contributed by atoms with van der Waals surface area (Å²) in [5.41, 5.74) is -0.0606. The van der Waals surface area contributed by atoms with Crippen molar-refractivity contribution in [3.8, 4) is 6.07 Å². The number of hydrogen-bond acceptors (Lipinski definition) is 6. The van der Waals surface area contributed by atoms with E-state index in [1.165, 1.54) is 25.3 Å². The first-order valence-electron chi connectivity index (χ1n) is 6.14. The lowest BCUT2D eigenvalue weighted by Crippen LogP contribution is -2.20. The minimum Gasteiger partial charge on any atom is -0.456 e. The highest BCUT2D eigenvalue weighted by Gasteiger charge is 2.16. The van der Waals surface area contributed by atoms with Crippen molar-refractivity contribution in [2.45, 2.75) is 13.0 Å². The van der Waals surface area contributed by atoms with Crippen LogP contribution in [0.2, 0.25) is 0 Å². The van der Waals surface area contributed by atoms with Crippen molar-refractivity contribution in [1.82, 2.24) is 0 Å². The molecule has 0 N–H and O–H groups in total. The third-order valence-corrected chi connectivity index (χ3v) is 3.20. The van der Waals surface area contributed by atoms with E-state index in [-0.39, 0.29) is 17.9 Å². The van der Waals surface area contributed by atoms with E-state index in [4.69, 9.17) is 14.7 Å². The summed E-state index contributed by atoms with van der Waals surface area (Å²) in [5, 5.41) is 19.9. The maximum atomic E-state index is 11.8. The molecule has 1 aromatic rings. The number of esters is 1. The molecule has 0 aromatic heterocycles. The Kier molecular flexibility index (Phi) is 6.69. The van der Waals surface area contributed by atoms with Crippen LogP contribution in [0.4, 0.5) is 5.69 Å². The van der Waals surface area contributed by atoms with Crippen LogP contribution in [0.3, 0.4) is 0 Å². The molecule has 0 saturated heterocycles. The Morgan fingerprint density at radius 3 is 2.82 bits per heavy atom. The van der Waals surface area contributed by atoms with Gasteiger partial charge in [0.2, 0.25) is 0 Å². The summed E-state index contributed by atoms with van der Waals surface area (Å²) in [6.45, 7) is 1.83. The number of nitrogens with zero attached hydrogens (tertiary/aromatic N) is 2. The molecule has 0 spiro atoms. The van der Waals surface area contributed by atoms with E-state index in [9.17, 15) is 14.9 Å². The summed E-state index contributed by atoms with van der Waals surface area (Å²) in [5.74, 6) is -0.808. The summed E-state index contributed by atoms with van der Waals surface area (Å²) < 4.78 is 10.2. The second-order valence-corrected chi connectivity index (χ2v) is 5.16. The second-order valence-electron chi connectivity index (χ2n) is 4.31. The first kappa shape index (κ1) is 17.8. The Balaban J connectivity index is 3.03. The number of halogens is 1. The first-order chi connectivity index (χ1) is 10.4. The Morgan fingerprint density at radius 1 is 1.59 bits per heavy atom. The zero-order chi connectivity index (χ0) is 16.7. The van der Waals surface area contributed by atoms with Crippen molar-refractivity contribution in [3.63, 3.8) is 0 Å². The van der Waals surface area contributed by atoms with Crippen LogP contribution in [0, 0.1) is 21.4 Å². The number of methoxy groups -OCH3 is 1. The van der Waals surface area contributed by atoms with Crippen LogP contribution in [-0.4, -0.2) is 30.7 Å². The van der Waals surface area contributed by atoms with Crippen molar-refractivity contribution in [1.29, 1.82) is 5.26 Å².